The van der Waals surface area contributed by atoms with Crippen LogP contribution in [0.25, 0.3) is 0 Å². The fourth-order valence-corrected chi connectivity index (χ4v) is 1.41. The molecular weight excluding hydrogens is 208 g/mol. The molecule has 0 aliphatic heterocycles. The lowest BCUT2D eigenvalue weighted by Gasteiger charge is -2.19. The fraction of sp³-hybridized carbons (Fsp3) is 0.818. The van der Waals surface area contributed by atoms with E-state index in [1.807, 2.05) is 13.8 Å². The van der Waals surface area contributed by atoms with Crippen LogP contribution >= 0.6 is 0 Å². The number of nitrogens with one attached hydrogen (secondary N) is 2. The van der Waals surface area contributed by atoms with Gasteiger partial charge in [0.05, 0.1) is 0 Å². The second-order valence-electron chi connectivity index (χ2n) is 4.49. The molecule has 1 amide bonds. The molecule has 0 fully saturated rings. The van der Waals surface area contributed by atoms with E-state index in [4.69, 9.17) is 5.11 Å². The Hall–Kier alpha value is -1.10. The van der Waals surface area contributed by atoms with Crippen molar-refractivity contribution in [3.63, 3.8) is 0 Å². The van der Waals surface area contributed by atoms with Crippen LogP contribution in [-0.2, 0) is 9.59 Å². The lowest BCUT2D eigenvalue weighted by atomic mass is 10.0. The average molecular weight is 230 g/mol. The molecule has 0 saturated heterocycles. The predicted octanol–water partition coefficient (Wildman–Crippen LogP) is 0.457. The molecule has 94 valence electrons. The van der Waals surface area contributed by atoms with Gasteiger partial charge in [-0.25, -0.2) is 4.79 Å². The van der Waals surface area contributed by atoms with Crippen molar-refractivity contribution in [1.82, 2.24) is 10.6 Å². The predicted molar refractivity (Wildman–Crippen MR) is 62.1 cm³/mol. The molecular formula is C11H22N2O3. The Morgan fingerprint density at radius 1 is 1.25 bits per heavy atom. The highest BCUT2D eigenvalue weighted by molar-refractivity contribution is 5.84. The minimum Gasteiger partial charge on any atom is -0.480 e. The third-order valence-corrected chi connectivity index (χ3v) is 2.28. The van der Waals surface area contributed by atoms with Crippen LogP contribution in [0, 0.1) is 11.8 Å². The van der Waals surface area contributed by atoms with E-state index in [1.54, 1.807) is 14.0 Å². The molecule has 16 heavy (non-hydrogen) atoms. The maximum atomic E-state index is 11.6. The number of carboxylic acid groups (broad SMARTS) is 1. The average Bonchev–Trinajstić information content (AvgIpc) is 2.16. The molecule has 0 aliphatic carbocycles. The second kappa shape index (κ2) is 7.22. The first-order valence-electron chi connectivity index (χ1n) is 5.56. The number of carboxylic acids is 1. The monoisotopic (exact) mass is 230 g/mol. The van der Waals surface area contributed by atoms with Gasteiger partial charge in [-0.05, 0) is 19.4 Å². The zero-order valence-electron chi connectivity index (χ0n) is 10.4. The zero-order valence-corrected chi connectivity index (χ0v) is 10.4. The van der Waals surface area contributed by atoms with Gasteiger partial charge in [-0.2, -0.15) is 0 Å². The molecule has 0 aliphatic rings. The number of hydrogen-bond acceptors (Lipinski definition) is 3. The van der Waals surface area contributed by atoms with Gasteiger partial charge in [-0.15, -0.1) is 0 Å². The molecule has 0 spiro atoms. The fourth-order valence-electron chi connectivity index (χ4n) is 1.41. The molecule has 0 bridgehead atoms. The SMILES string of the molecule is CNCC(C)C(=O)N[C@@H](CC(C)C)C(=O)O. The third kappa shape index (κ3) is 5.70. The maximum Gasteiger partial charge on any atom is 0.326 e. The Balaban J connectivity index is 4.28. The lowest BCUT2D eigenvalue weighted by molar-refractivity contribution is -0.142. The molecule has 0 aromatic carbocycles. The molecule has 2 atom stereocenters. The normalized spacial score (nSPS) is 14.6. The number of carbonyl (C=O) groups excluding carboxylic acids is 1. The number of aliphatic carboxylic acids is 1. The second-order valence-corrected chi connectivity index (χ2v) is 4.49. The Bertz CT molecular complexity index is 241. The van der Waals surface area contributed by atoms with Crippen LogP contribution in [0.1, 0.15) is 27.2 Å². The summed E-state index contributed by atoms with van der Waals surface area (Å²) in [4.78, 5) is 22.5. The van der Waals surface area contributed by atoms with Gasteiger partial charge in [0.15, 0.2) is 0 Å². The van der Waals surface area contributed by atoms with E-state index in [-0.39, 0.29) is 17.7 Å². The van der Waals surface area contributed by atoms with Crippen molar-refractivity contribution in [3.05, 3.63) is 0 Å². The standard InChI is InChI=1S/C11H22N2O3/c1-7(2)5-9(11(15)16)13-10(14)8(3)6-12-4/h7-9,12H,5-6H2,1-4H3,(H,13,14)(H,15,16)/t8?,9-/m0/s1. The van der Waals surface area contributed by atoms with Crippen LogP contribution in [0.5, 0.6) is 0 Å². The number of amides is 1. The van der Waals surface area contributed by atoms with Gasteiger partial charge in [-0.1, -0.05) is 20.8 Å². The van der Waals surface area contributed by atoms with E-state index in [1.165, 1.54) is 0 Å². The Morgan fingerprint density at radius 3 is 2.19 bits per heavy atom. The highest BCUT2D eigenvalue weighted by Crippen LogP contribution is 2.06. The van der Waals surface area contributed by atoms with E-state index >= 15 is 0 Å². The summed E-state index contributed by atoms with van der Waals surface area (Å²) in [5.41, 5.74) is 0. The van der Waals surface area contributed by atoms with Crippen LogP contribution < -0.4 is 10.6 Å². The van der Waals surface area contributed by atoms with Crippen molar-refractivity contribution in [2.45, 2.75) is 33.2 Å². The molecule has 1 unspecified atom stereocenters. The summed E-state index contributed by atoms with van der Waals surface area (Å²) in [5.74, 6) is -1.18. The van der Waals surface area contributed by atoms with Gasteiger partial charge in [0.25, 0.3) is 0 Å². The number of rotatable bonds is 7. The first-order valence-corrected chi connectivity index (χ1v) is 5.56. The minimum atomic E-state index is -0.973. The van der Waals surface area contributed by atoms with Crippen molar-refractivity contribution < 1.29 is 14.7 Å². The largest absolute Gasteiger partial charge is 0.480 e. The smallest absolute Gasteiger partial charge is 0.326 e. The summed E-state index contributed by atoms with van der Waals surface area (Å²) in [5, 5.41) is 14.4. The van der Waals surface area contributed by atoms with Gasteiger partial charge >= 0.3 is 5.97 Å². The van der Waals surface area contributed by atoms with Gasteiger partial charge in [-0.3, -0.25) is 4.79 Å². The first-order chi connectivity index (χ1) is 7.38. The van der Waals surface area contributed by atoms with E-state index in [9.17, 15) is 9.59 Å². The van der Waals surface area contributed by atoms with E-state index in [0.717, 1.165) is 0 Å². The molecule has 0 heterocycles. The van der Waals surface area contributed by atoms with Crippen LogP contribution in [-0.4, -0.2) is 36.6 Å². The molecule has 0 radical (unpaired) electrons. The topological polar surface area (TPSA) is 78.4 Å². The molecule has 0 aromatic rings. The summed E-state index contributed by atoms with van der Waals surface area (Å²) in [6, 6.07) is -0.785. The highest BCUT2D eigenvalue weighted by Gasteiger charge is 2.23. The Morgan fingerprint density at radius 2 is 1.81 bits per heavy atom. The molecule has 5 heteroatoms. The summed E-state index contributed by atoms with van der Waals surface area (Å²) in [7, 11) is 1.76. The molecule has 0 aromatic heterocycles. The first kappa shape index (κ1) is 14.9. The number of hydrogen-bond donors (Lipinski definition) is 3. The maximum absolute atomic E-state index is 11.6. The lowest BCUT2D eigenvalue weighted by Crippen LogP contribution is -2.45. The molecule has 0 saturated carbocycles. The summed E-state index contributed by atoms with van der Waals surface area (Å²) >= 11 is 0. The summed E-state index contributed by atoms with van der Waals surface area (Å²) in [6.07, 6.45) is 0.452. The van der Waals surface area contributed by atoms with E-state index in [0.29, 0.717) is 13.0 Å². The molecule has 3 N–H and O–H groups in total. The molecule has 0 rings (SSSR count). The quantitative estimate of drug-likeness (QED) is 0.593. The van der Waals surface area contributed by atoms with Gasteiger partial charge in [0, 0.05) is 12.5 Å². The summed E-state index contributed by atoms with van der Waals surface area (Å²) in [6.45, 7) is 6.16. The summed E-state index contributed by atoms with van der Waals surface area (Å²) < 4.78 is 0. The third-order valence-electron chi connectivity index (χ3n) is 2.28. The van der Waals surface area contributed by atoms with E-state index in [2.05, 4.69) is 10.6 Å². The number of carbonyl (C=O) groups is 2. The van der Waals surface area contributed by atoms with Crippen molar-refractivity contribution in [2.24, 2.45) is 11.8 Å². The van der Waals surface area contributed by atoms with Gasteiger partial charge in [0.1, 0.15) is 6.04 Å². The van der Waals surface area contributed by atoms with Crippen LogP contribution in [0.4, 0.5) is 0 Å². The van der Waals surface area contributed by atoms with Gasteiger partial charge in [0.2, 0.25) is 5.91 Å². The van der Waals surface area contributed by atoms with Crippen molar-refractivity contribution >= 4 is 11.9 Å². The zero-order chi connectivity index (χ0) is 12.7. The van der Waals surface area contributed by atoms with Crippen LogP contribution in [0.2, 0.25) is 0 Å². The molecule has 5 nitrogen and oxygen atoms in total. The minimum absolute atomic E-state index is 0.220. The van der Waals surface area contributed by atoms with Crippen LogP contribution in [0.3, 0.4) is 0 Å². The van der Waals surface area contributed by atoms with Gasteiger partial charge < -0.3 is 15.7 Å². The van der Waals surface area contributed by atoms with Crippen molar-refractivity contribution in [3.8, 4) is 0 Å². The highest BCUT2D eigenvalue weighted by atomic mass is 16.4. The van der Waals surface area contributed by atoms with E-state index < -0.39 is 12.0 Å². The van der Waals surface area contributed by atoms with Crippen LogP contribution in [0.15, 0.2) is 0 Å². The van der Waals surface area contributed by atoms with Crippen molar-refractivity contribution in [2.75, 3.05) is 13.6 Å². The Kier molecular flexibility index (Phi) is 6.72. The van der Waals surface area contributed by atoms with Crippen molar-refractivity contribution in [1.29, 1.82) is 0 Å². The Labute approximate surface area is 96.6 Å².